The smallest absolute Gasteiger partial charge is 0.164 e. The number of nitrogens with zero attached hydrogens (tertiary/aromatic N) is 4. The lowest BCUT2D eigenvalue weighted by molar-refractivity contribution is 1.07. The van der Waals surface area contributed by atoms with Crippen LogP contribution in [0.2, 0.25) is 0 Å². The molecule has 4 nitrogen and oxygen atoms in total. The van der Waals surface area contributed by atoms with Crippen molar-refractivity contribution < 1.29 is 0 Å². The lowest BCUT2D eigenvalue weighted by atomic mass is 9.97. The molecule has 0 radical (unpaired) electrons. The highest BCUT2D eigenvalue weighted by Gasteiger charge is 2.20. The summed E-state index contributed by atoms with van der Waals surface area (Å²) in [5, 5.41) is 7.33. The Morgan fingerprint density at radius 2 is 0.850 bits per heavy atom. The molecule has 0 bridgehead atoms. The zero-order valence-electron chi connectivity index (χ0n) is 32.3. The molecule has 0 atom stereocenters. The van der Waals surface area contributed by atoms with E-state index in [0.29, 0.717) is 17.5 Å². The van der Waals surface area contributed by atoms with Gasteiger partial charge in [-0.2, -0.15) is 0 Å². The zero-order valence-corrected chi connectivity index (χ0v) is 33.1. The summed E-state index contributed by atoms with van der Waals surface area (Å²) in [5.41, 5.74) is 10.8. The fourth-order valence-corrected chi connectivity index (χ4v) is 9.79. The summed E-state index contributed by atoms with van der Waals surface area (Å²) in [7, 11) is 0. The van der Waals surface area contributed by atoms with Crippen LogP contribution in [0.1, 0.15) is 0 Å². The van der Waals surface area contributed by atoms with Gasteiger partial charge in [-0.1, -0.05) is 146 Å². The zero-order chi connectivity index (χ0) is 39.6. The maximum absolute atomic E-state index is 5.26. The number of fused-ring (bicyclic) bond motifs is 7. The molecule has 12 aromatic rings. The Labute approximate surface area is 350 Å². The van der Waals surface area contributed by atoms with Crippen LogP contribution in [0, 0.1) is 0 Å². The number of aromatic nitrogens is 4. The molecule has 0 fully saturated rings. The van der Waals surface area contributed by atoms with Crippen molar-refractivity contribution in [2.75, 3.05) is 0 Å². The Hall–Kier alpha value is -7.73. The van der Waals surface area contributed by atoms with E-state index in [1.165, 1.54) is 52.8 Å². The third-order valence-corrected chi connectivity index (χ3v) is 12.8. The van der Waals surface area contributed by atoms with E-state index in [0.717, 1.165) is 44.5 Å². The van der Waals surface area contributed by atoms with Crippen LogP contribution in [0.25, 0.3) is 115 Å². The third-order valence-electron chi connectivity index (χ3n) is 11.6. The largest absolute Gasteiger partial charge is 0.309 e. The second-order valence-corrected chi connectivity index (χ2v) is 16.3. The first kappa shape index (κ1) is 34.3. The molecule has 0 aliphatic carbocycles. The van der Waals surface area contributed by atoms with E-state index in [1.54, 1.807) is 0 Å². The van der Waals surface area contributed by atoms with Gasteiger partial charge in [0.2, 0.25) is 0 Å². The van der Waals surface area contributed by atoms with Crippen molar-refractivity contribution in [2.24, 2.45) is 0 Å². The molecule has 0 spiro atoms. The van der Waals surface area contributed by atoms with E-state index < -0.39 is 0 Å². The number of hydrogen-bond acceptors (Lipinski definition) is 4. The van der Waals surface area contributed by atoms with Gasteiger partial charge >= 0.3 is 0 Å². The number of thiophene rings is 1. The molecule has 3 aromatic heterocycles. The number of para-hydroxylation sites is 1. The van der Waals surface area contributed by atoms with Crippen molar-refractivity contribution in [1.82, 2.24) is 19.5 Å². The quantitative estimate of drug-likeness (QED) is 0.169. The molecule has 0 saturated carbocycles. The standard InChI is InChI=1S/C55H34N4S/c1-3-13-35(14-4-1)36-23-25-37(26-24-36)45-32-41(27-29-49(45)59-48-21-11-9-19-43(48)46-31-39-17-7-8-18-40(39)34-50(46)59)54-56-53(38-15-5-2-6-16-38)57-55(58-54)42-28-30-52-47(33-42)44-20-10-12-22-51(44)60-52/h1-34H. The van der Waals surface area contributed by atoms with Crippen LogP contribution in [-0.2, 0) is 0 Å². The van der Waals surface area contributed by atoms with E-state index in [-0.39, 0.29) is 0 Å². The van der Waals surface area contributed by atoms with Crippen molar-refractivity contribution >= 4 is 64.1 Å². The molecule has 0 N–H and O–H groups in total. The van der Waals surface area contributed by atoms with Crippen molar-refractivity contribution in [1.29, 1.82) is 0 Å². The average molecular weight is 783 g/mol. The lowest BCUT2D eigenvalue weighted by Crippen LogP contribution is -2.02. The van der Waals surface area contributed by atoms with E-state index in [9.17, 15) is 0 Å². The van der Waals surface area contributed by atoms with Gasteiger partial charge in [0, 0.05) is 53.2 Å². The molecule has 0 saturated heterocycles. The Morgan fingerprint density at radius 1 is 0.317 bits per heavy atom. The van der Waals surface area contributed by atoms with Crippen LogP contribution in [0.4, 0.5) is 0 Å². The molecule has 12 rings (SSSR count). The summed E-state index contributed by atoms with van der Waals surface area (Å²) >= 11 is 1.81. The van der Waals surface area contributed by atoms with Crippen molar-refractivity contribution in [3.63, 3.8) is 0 Å². The first-order chi connectivity index (χ1) is 29.7. The first-order valence-corrected chi connectivity index (χ1v) is 21.0. The van der Waals surface area contributed by atoms with Crippen LogP contribution in [0.5, 0.6) is 0 Å². The highest BCUT2D eigenvalue weighted by Crippen LogP contribution is 2.41. The van der Waals surface area contributed by atoms with Gasteiger partial charge in [-0.15, -0.1) is 11.3 Å². The topological polar surface area (TPSA) is 43.6 Å². The minimum Gasteiger partial charge on any atom is -0.309 e. The molecule has 0 amide bonds. The van der Waals surface area contributed by atoms with Gasteiger partial charge in [0.15, 0.2) is 17.5 Å². The van der Waals surface area contributed by atoms with Gasteiger partial charge in [-0.05, 0) is 88.1 Å². The van der Waals surface area contributed by atoms with Gasteiger partial charge in [-0.3, -0.25) is 0 Å². The monoisotopic (exact) mass is 782 g/mol. The highest BCUT2D eigenvalue weighted by atomic mass is 32.1. The summed E-state index contributed by atoms with van der Waals surface area (Å²) in [6, 6.07) is 73.5. The van der Waals surface area contributed by atoms with Crippen molar-refractivity contribution in [2.45, 2.75) is 0 Å². The molecular weight excluding hydrogens is 749 g/mol. The fourth-order valence-electron chi connectivity index (χ4n) is 8.70. The second-order valence-electron chi connectivity index (χ2n) is 15.2. The minimum atomic E-state index is 0.621. The molecule has 60 heavy (non-hydrogen) atoms. The second kappa shape index (κ2) is 14.0. The maximum Gasteiger partial charge on any atom is 0.164 e. The predicted octanol–water partition coefficient (Wildman–Crippen LogP) is 14.8. The van der Waals surface area contributed by atoms with Crippen LogP contribution < -0.4 is 0 Å². The Bertz CT molecular complexity index is 3590. The molecule has 0 aliphatic heterocycles. The SMILES string of the molecule is c1ccc(-c2ccc(-c3cc(-c4nc(-c5ccccc5)nc(-c5ccc6sc7ccccc7c6c5)n4)ccc3-n3c4ccccc4c4cc5ccccc5cc43)cc2)cc1. The van der Waals surface area contributed by atoms with E-state index >= 15 is 0 Å². The minimum absolute atomic E-state index is 0.621. The molecule has 5 heteroatoms. The maximum atomic E-state index is 5.26. The summed E-state index contributed by atoms with van der Waals surface area (Å²) in [6.45, 7) is 0. The van der Waals surface area contributed by atoms with Gasteiger partial charge in [0.05, 0.1) is 16.7 Å². The summed E-state index contributed by atoms with van der Waals surface area (Å²) in [4.78, 5) is 15.6. The number of hydrogen-bond donors (Lipinski definition) is 0. The predicted molar refractivity (Wildman–Crippen MR) is 252 cm³/mol. The number of rotatable bonds is 6. The Morgan fingerprint density at radius 3 is 1.62 bits per heavy atom. The van der Waals surface area contributed by atoms with Crippen LogP contribution in [0.3, 0.4) is 0 Å². The summed E-state index contributed by atoms with van der Waals surface area (Å²) < 4.78 is 4.94. The van der Waals surface area contributed by atoms with E-state index in [1.807, 2.05) is 29.5 Å². The molecule has 9 aromatic carbocycles. The molecular formula is C55H34N4S. The van der Waals surface area contributed by atoms with Gasteiger partial charge in [0.1, 0.15) is 0 Å². The normalized spacial score (nSPS) is 11.7. The van der Waals surface area contributed by atoms with E-state index in [2.05, 4.69) is 193 Å². The number of benzene rings is 9. The van der Waals surface area contributed by atoms with Gasteiger partial charge in [-0.25, -0.2) is 15.0 Å². The molecule has 0 unspecified atom stereocenters. The molecule has 3 heterocycles. The first-order valence-electron chi connectivity index (χ1n) is 20.2. The Balaban J connectivity index is 1.09. The van der Waals surface area contributed by atoms with Crippen LogP contribution >= 0.6 is 11.3 Å². The van der Waals surface area contributed by atoms with Crippen LogP contribution in [-0.4, -0.2) is 19.5 Å². The Kier molecular flexibility index (Phi) is 8.00. The fraction of sp³-hybridized carbons (Fsp3) is 0. The van der Waals surface area contributed by atoms with Gasteiger partial charge in [0.25, 0.3) is 0 Å². The average Bonchev–Trinajstić information content (AvgIpc) is 3.86. The molecule has 280 valence electrons. The van der Waals surface area contributed by atoms with Crippen LogP contribution in [0.15, 0.2) is 206 Å². The van der Waals surface area contributed by atoms with E-state index in [4.69, 9.17) is 15.0 Å². The highest BCUT2D eigenvalue weighted by molar-refractivity contribution is 7.25. The molecule has 0 aliphatic rings. The summed E-state index contributed by atoms with van der Waals surface area (Å²) in [6.07, 6.45) is 0. The lowest BCUT2D eigenvalue weighted by Gasteiger charge is -2.17. The van der Waals surface area contributed by atoms with Crippen molar-refractivity contribution in [3.8, 4) is 62.1 Å². The third kappa shape index (κ3) is 5.78. The summed E-state index contributed by atoms with van der Waals surface area (Å²) in [5.74, 6) is 1.90. The van der Waals surface area contributed by atoms with Gasteiger partial charge < -0.3 is 4.57 Å². The van der Waals surface area contributed by atoms with Crippen molar-refractivity contribution in [3.05, 3.63) is 206 Å².